The number of fused-ring (bicyclic) bond motifs is 1. The number of H-pyrrole nitrogens is 1. The molecule has 0 bridgehead atoms. The summed E-state index contributed by atoms with van der Waals surface area (Å²) >= 11 is 2.80. The van der Waals surface area contributed by atoms with Crippen LogP contribution < -0.4 is 0 Å². The first-order chi connectivity index (χ1) is 11.8. The lowest BCUT2D eigenvalue weighted by atomic mass is 9.99. The maximum atomic E-state index is 12.9. The van der Waals surface area contributed by atoms with Crippen LogP contribution in [0, 0.1) is 5.92 Å². The Hall–Kier alpha value is -1.97. The van der Waals surface area contributed by atoms with Gasteiger partial charge in [-0.2, -0.15) is 13.2 Å². The van der Waals surface area contributed by atoms with Crippen LogP contribution in [0.4, 0.5) is 13.2 Å². The van der Waals surface area contributed by atoms with Crippen LogP contribution in [0.3, 0.4) is 0 Å². The van der Waals surface area contributed by atoms with E-state index in [4.69, 9.17) is 0 Å². The molecule has 25 heavy (non-hydrogen) atoms. The minimum Gasteiger partial charge on any atom is -0.345 e. The van der Waals surface area contributed by atoms with E-state index in [0.29, 0.717) is 36.8 Å². The molecule has 1 atom stereocenters. The van der Waals surface area contributed by atoms with E-state index < -0.39 is 12.1 Å². The van der Waals surface area contributed by atoms with E-state index in [2.05, 4.69) is 31.1 Å². The fourth-order valence-electron chi connectivity index (χ4n) is 2.65. The summed E-state index contributed by atoms with van der Waals surface area (Å²) in [5, 5.41) is 0. The van der Waals surface area contributed by atoms with E-state index in [1.54, 1.807) is 12.3 Å². The maximum absolute atomic E-state index is 12.9. The number of hydrogen-bond donors (Lipinski definition) is 1. The minimum atomic E-state index is -4.24. The number of amides is 2. The van der Waals surface area contributed by atoms with E-state index >= 15 is 0 Å². The maximum Gasteiger partial charge on any atom is 0.397 e. The van der Waals surface area contributed by atoms with Crippen LogP contribution in [-0.2, 0) is 9.59 Å². The highest BCUT2D eigenvalue weighted by Gasteiger charge is 2.50. The van der Waals surface area contributed by atoms with E-state index in [1.807, 2.05) is 0 Å². The average molecular weight is 419 g/mol. The molecule has 2 aromatic heterocycles. The number of aromatic nitrogens is 3. The molecule has 1 saturated heterocycles. The number of nitrogens with zero attached hydrogens (tertiary/aromatic N) is 3. The molecule has 1 unspecified atom stereocenters. The van der Waals surface area contributed by atoms with Gasteiger partial charge in [0.15, 0.2) is 5.65 Å². The number of alkyl halides is 3. The zero-order valence-electron chi connectivity index (χ0n) is 12.9. The van der Waals surface area contributed by atoms with Gasteiger partial charge < -0.3 is 4.98 Å². The monoisotopic (exact) mass is 418 g/mol. The van der Waals surface area contributed by atoms with Crippen LogP contribution in [0.1, 0.15) is 37.3 Å². The lowest BCUT2D eigenvalue weighted by Gasteiger charge is -2.18. The molecule has 134 valence electrons. The molecule has 2 aromatic rings. The van der Waals surface area contributed by atoms with E-state index in [0.717, 1.165) is 3.93 Å². The van der Waals surface area contributed by atoms with Crippen LogP contribution >= 0.6 is 16.1 Å². The van der Waals surface area contributed by atoms with Crippen molar-refractivity contribution in [2.75, 3.05) is 0 Å². The number of nitrogens with one attached hydrogen (secondary N) is 1. The van der Waals surface area contributed by atoms with E-state index in [1.165, 1.54) is 6.20 Å². The number of halogens is 4. The Morgan fingerprint density at radius 2 is 1.88 bits per heavy atom. The summed E-state index contributed by atoms with van der Waals surface area (Å²) in [6, 6.07) is 1.63. The lowest BCUT2D eigenvalue weighted by Crippen LogP contribution is -2.23. The predicted molar refractivity (Wildman–Crippen MR) is 85.4 cm³/mol. The van der Waals surface area contributed by atoms with Crippen molar-refractivity contribution < 1.29 is 22.8 Å². The quantitative estimate of drug-likeness (QED) is 0.598. The van der Waals surface area contributed by atoms with Crippen molar-refractivity contribution in [2.45, 2.75) is 37.8 Å². The molecule has 0 spiro atoms. The molecule has 2 aliphatic rings. The zero-order valence-corrected chi connectivity index (χ0v) is 14.5. The molecule has 1 N–H and O–H groups in total. The Balaban J connectivity index is 0.000000192. The molecule has 1 saturated carbocycles. The minimum absolute atomic E-state index is 0.0344. The van der Waals surface area contributed by atoms with Crippen molar-refractivity contribution in [2.24, 2.45) is 5.92 Å². The van der Waals surface area contributed by atoms with Gasteiger partial charge in [-0.25, -0.2) is 13.9 Å². The van der Waals surface area contributed by atoms with Crippen molar-refractivity contribution in [1.82, 2.24) is 18.9 Å². The van der Waals surface area contributed by atoms with Crippen LogP contribution in [-0.4, -0.2) is 36.9 Å². The summed E-state index contributed by atoms with van der Waals surface area (Å²) in [7, 11) is 0. The van der Waals surface area contributed by atoms with Crippen molar-refractivity contribution in [1.29, 1.82) is 0 Å². The Labute approximate surface area is 149 Å². The van der Waals surface area contributed by atoms with Crippen LogP contribution in [0.25, 0.3) is 11.2 Å². The molecule has 2 amide bonds. The second-order valence-corrected chi connectivity index (χ2v) is 6.64. The first kappa shape index (κ1) is 17.8. The lowest BCUT2D eigenvalue weighted by molar-refractivity contribution is -0.156. The molecule has 6 nitrogen and oxygen atoms in total. The fraction of sp³-hybridized carbons (Fsp3) is 0.467. The third kappa shape index (κ3) is 4.00. The summed E-state index contributed by atoms with van der Waals surface area (Å²) in [6.45, 7) is 0. The topological polar surface area (TPSA) is 79.0 Å². The normalized spacial score (nSPS) is 19.1. The molecule has 3 heterocycles. The largest absolute Gasteiger partial charge is 0.397 e. The Morgan fingerprint density at radius 3 is 2.36 bits per heavy atom. The van der Waals surface area contributed by atoms with Gasteiger partial charge in [0.25, 0.3) is 0 Å². The number of rotatable bonds is 2. The second-order valence-electron chi connectivity index (χ2n) is 5.93. The standard InChI is InChI=1S/C11H10F3N3.C4H4BrNO2/c12-11(13,14)9(6-1-2-6)8-5-16-10-7(17-8)3-4-15-10;5-6-3(7)1-2-4(6)8/h3-6,9H,1-2H2,(H,15,16);1-2H2. The summed E-state index contributed by atoms with van der Waals surface area (Å²) in [6.07, 6.45) is 0.561. The Morgan fingerprint density at radius 1 is 1.24 bits per heavy atom. The van der Waals surface area contributed by atoms with Crippen LogP contribution in [0.15, 0.2) is 18.5 Å². The van der Waals surface area contributed by atoms with Crippen molar-refractivity contribution in [3.05, 3.63) is 24.2 Å². The van der Waals surface area contributed by atoms with Crippen molar-refractivity contribution in [3.63, 3.8) is 0 Å². The predicted octanol–water partition coefficient (Wildman–Crippen LogP) is 3.46. The number of imide groups is 1. The first-order valence-electron chi connectivity index (χ1n) is 7.65. The summed E-state index contributed by atoms with van der Waals surface area (Å²) in [5.74, 6) is -2.07. The van der Waals surface area contributed by atoms with Gasteiger partial charge in [0.2, 0.25) is 11.8 Å². The smallest absolute Gasteiger partial charge is 0.345 e. The third-order valence-corrected chi connectivity index (χ3v) is 4.83. The summed E-state index contributed by atoms with van der Waals surface area (Å²) in [5.41, 5.74) is 1.04. The number of aromatic amines is 1. The molecular formula is C15H14BrF3N4O2. The zero-order chi connectivity index (χ0) is 18.2. The van der Waals surface area contributed by atoms with Gasteiger partial charge in [0, 0.05) is 19.0 Å². The number of hydrogen-bond acceptors (Lipinski definition) is 4. The molecule has 2 fully saturated rings. The van der Waals surface area contributed by atoms with Gasteiger partial charge in [0.1, 0.15) is 11.4 Å². The summed E-state index contributed by atoms with van der Waals surface area (Å²) in [4.78, 5) is 31.7. The fourth-order valence-corrected chi connectivity index (χ4v) is 3.00. The second kappa shape index (κ2) is 6.74. The first-order valence-corrected chi connectivity index (χ1v) is 8.36. The number of carbonyl (C=O) groups is 2. The van der Waals surface area contributed by atoms with Gasteiger partial charge in [-0.05, 0) is 24.8 Å². The molecule has 10 heteroatoms. The molecule has 4 rings (SSSR count). The Bertz CT molecular complexity index is 787. The van der Waals surface area contributed by atoms with Crippen LogP contribution in [0.5, 0.6) is 0 Å². The van der Waals surface area contributed by atoms with Gasteiger partial charge in [0.05, 0.1) is 28.0 Å². The van der Waals surface area contributed by atoms with Crippen molar-refractivity contribution >= 4 is 39.1 Å². The van der Waals surface area contributed by atoms with Gasteiger partial charge in [-0.1, -0.05) is 0 Å². The van der Waals surface area contributed by atoms with Crippen LogP contribution in [0.2, 0.25) is 0 Å². The summed E-state index contributed by atoms with van der Waals surface area (Å²) < 4.78 is 39.8. The number of carbonyl (C=O) groups excluding carboxylic acids is 2. The molecule has 0 radical (unpaired) electrons. The highest BCUT2D eigenvalue weighted by atomic mass is 79.9. The van der Waals surface area contributed by atoms with Gasteiger partial charge in [-0.15, -0.1) is 0 Å². The average Bonchev–Trinajstić information content (AvgIpc) is 3.18. The van der Waals surface area contributed by atoms with Gasteiger partial charge >= 0.3 is 6.18 Å². The van der Waals surface area contributed by atoms with Crippen molar-refractivity contribution in [3.8, 4) is 0 Å². The third-order valence-electron chi connectivity index (χ3n) is 4.03. The SMILES string of the molecule is FC(F)(F)C(c1cnc2[nH]ccc2n1)C1CC1.O=C1CCC(=O)N1Br. The molecular weight excluding hydrogens is 405 g/mol. The molecule has 1 aliphatic heterocycles. The highest BCUT2D eigenvalue weighted by Crippen LogP contribution is 2.50. The molecule has 1 aliphatic carbocycles. The van der Waals surface area contributed by atoms with Gasteiger partial charge in [-0.3, -0.25) is 9.59 Å². The Kier molecular flexibility index (Phi) is 4.81. The van der Waals surface area contributed by atoms with E-state index in [-0.39, 0.29) is 23.4 Å². The van der Waals surface area contributed by atoms with E-state index in [9.17, 15) is 22.8 Å². The highest BCUT2D eigenvalue weighted by molar-refractivity contribution is 9.08. The molecule has 0 aromatic carbocycles.